The Morgan fingerprint density at radius 1 is 1.35 bits per heavy atom. The number of alkyl halides is 3. The molecule has 4 nitrogen and oxygen atoms in total. The van der Waals surface area contributed by atoms with Crippen molar-refractivity contribution < 1.29 is 31.1 Å². The van der Waals surface area contributed by atoms with E-state index in [0.29, 0.717) is 12.1 Å². The van der Waals surface area contributed by atoms with Gasteiger partial charge in [0, 0.05) is 13.2 Å². The second-order valence-electron chi connectivity index (χ2n) is 4.28. The summed E-state index contributed by atoms with van der Waals surface area (Å²) in [5.74, 6) is -1.64. The summed E-state index contributed by atoms with van der Waals surface area (Å²) in [6.07, 6.45) is -4.99. The molecule has 2 N–H and O–H groups in total. The van der Waals surface area contributed by atoms with Gasteiger partial charge in [-0.15, -0.1) is 0 Å². The average molecular weight is 315 g/mol. The lowest BCUT2D eigenvalue weighted by Crippen LogP contribution is -2.31. The van der Waals surface area contributed by atoms with Crippen LogP contribution in [0.4, 0.5) is 17.6 Å². The van der Waals surface area contributed by atoms with Gasteiger partial charge in [0.1, 0.15) is 5.82 Å². The molecule has 1 aromatic rings. The van der Waals surface area contributed by atoms with Crippen LogP contribution in [0.5, 0.6) is 0 Å². The van der Waals surface area contributed by atoms with Crippen LogP contribution in [0.3, 0.4) is 0 Å². The number of halogens is 4. The Hall–Kier alpha value is -1.19. The van der Waals surface area contributed by atoms with Gasteiger partial charge in [-0.25, -0.2) is 17.5 Å². The molecule has 0 saturated carbocycles. The zero-order valence-electron chi connectivity index (χ0n) is 10.4. The second kappa shape index (κ2) is 6.06. The SMILES string of the molecule is CC(CO)CNS(=O)(=O)c1ccc(F)cc1C(F)(F)F. The third-order valence-electron chi connectivity index (χ3n) is 2.47. The smallest absolute Gasteiger partial charge is 0.396 e. The summed E-state index contributed by atoms with van der Waals surface area (Å²) in [6, 6.07) is 1.33. The fourth-order valence-electron chi connectivity index (χ4n) is 1.35. The molecule has 0 saturated heterocycles. The van der Waals surface area contributed by atoms with Gasteiger partial charge in [0.2, 0.25) is 10.0 Å². The van der Waals surface area contributed by atoms with Crippen molar-refractivity contribution in [2.45, 2.75) is 18.0 Å². The summed E-state index contributed by atoms with van der Waals surface area (Å²) in [6.45, 7) is 0.962. The van der Waals surface area contributed by atoms with Crippen molar-refractivity contribution in [3.63, 3.8) is 0 Å². The molecule has 114 valence electrons. The number of aliphatic hydroxyl groups is 1. The molecular formula is C11H13F4NO3S. The van der Waals surface area contributed by atoms with E-state index in [2.05, 4.69) is 0 Å². The topological polar surface area (TPSA) is 66.4 Å². The van der Waals surface area contributed by atoms with Crippen LogP contribution in [-0.4, -0.2) is 26.7 Å². The van der Waals surface area contributed by atoms with Gasteiger partial charge in [-0.3, -0.25) is 0 Å². The summed E-state index contributed by atoms with van der Waals surface area (Å²) in [7, 11) is -4.44. The molecule has 0 amide bonds. The normalized spacial score (nSPS) is 14.3. The predicted octanol–water partition coefficient (Wildman–Crippen LogP) is 1.75. The molecule has 0 spiro atoms. The van der Waals surface area contributed by atoms with Crippen LogP contribution in [0.25, 0.3) is 0 Å². The van der Waals surface area contributed by atoms with Gasteiger partial charge in [-0.05, 0) is 24.1 Å². The number of aliphatic hydroxyl groups excluding tert-OH is 1. The summed E-state index contributed by atoms with van der Waals surface area (Å²) >= 11 is 0. The zero-order chi connectivity index (χ0) is 15.6. The van der Waals surface area contributed by atoms with Crippen LogP contribution < -0.4 is 4.72 Å². The van der Waals surface area contributed by atoms with Gasteiger partial charge < -0.3 is 5.11 Å². The standard InChI is InChI=1S/C11H13F4NO3S/c1-7(6-17)5-16-20(18,19)10-3-2-8(12)4-9(10)11(13,14)15/h2-4,7,16-17H,5-6H2,1H3. The number of sulfonamides is 1. The lowest BCUT2D eigenvalue weighted by molar-refractivity contribution is -0.140. The lowest BCUT2D eigenvalue weighted by atomic mass is 10.2. The van der Waals surface area contributed by atoms with Crippen molar-refractivity contribution in [2.24, 2.45) is 5.92 Å². The van der Waals surface area contributed by atoms with Crippen molar-refractivity contribution >= 4 is 10.0 Å². The number of hydrogen-bond donors (Lipinski definition) is 2. The van der Waals surface area contributed by atoms with Gasteiger partial charge >= 0.3 is 6.18 Å². The summed E-state index contributed by atoms with van der Waals surface area (Å²) in [4.78, 5) is -1.04. The molecule has 0 aliphatic carbocycles. The predicted molar refractivity (Wildman–Crippen MR) is 62.8 cm³/mol. The lowest BCUT2D eigenvalue weighted by Gasteiger charge is -2.15. The number of rotatable bonds is 5. The van der Waals surface area contributed by atoms with Crippen LogP contribution >= 0.6 is 0 Å². The fourth-order valence-corrected chi connectivity index (χ4v) is 2.72. The van der Waals surface area contributed by atoms with Crippen molar-refractivity contribution in [3.8, 4) is 0 Å². The maximum atomic E-state index is 12.9. The Labute approximate surface area is 113 Å². The minimum absolute atomic E-state index is 0.129. The van der Waals surface area contributed by atoms with Crippen molar-refractivity contribution in [1.82, 2.24) is 4.72 Å². The molecule has 1 rings (SSSR count). The molecule has 20 heavy (non-hydrogen) atoms. The van der Waals surface area contributed by atoms with E-state index in [1.165, 1.54) is 6.92 Å². The molecule has 1 unspecified atom stereocenters. The summed E-state index contributed by atoms with van der Waals surface area (Å²) in [5.41, 5.74) is -1.57. The first-order chi connectivity index (χ1) is 9.08. The largest absolute Gasteiger partial charge is 0.417 e. The molecule has 1 atom stereocenters. The minimum atomic E-state index is -4.99. The van der Waals surface area contributed by atoms with Crippen molar-refractivity contribution in [1.29, 1.82) is 0 Å². The van der Waals surface area contributed by atoms with E-state index in [1.807, 2.05) is 4.72 Å². The third-order valence-corrected chi connectivity index (χ3v) is 3.95. The molecule has 0 aliphatic rings. The van der Waals surface area contributed by atoms with Crippen molar-refractivity contribution in [3.05, 3.63) is 29.6 Å². The number of nitrogens with one attached hydrogen (secondary N) is 1. The zero-order valence-corrected chi connectivity index (χ0v) is 11.2. The maximum Gasteiger partial charge on any atom is 0.417 e. The Bertz CT molecular complexity index is 572. The highest BCUT2D eigenvalue weighted by molar-refractivity contribution is 7.89. The van der Waals surface area contributed by atoms with E-state index in [-0.39, 0.29) is 19.2 Å². The van der Waals surface area contributed by atoms with E-state index >= 15 is 0 Å². The van der Waals surface area contributed by atoms with Crippen LogP contribution in [0.2, 0.25) is 0 Å². The van der Waals surface area contributed by atoms with Gasteiger partial charge in [-0.1, -0.05) is 6.92 Å². The maximum absolute atomic E-state index is 12.9. The van der Waals surface area contributed by atoms with Gasteiger partial charge in [-0.2, -0.15) is 13.2 Å². The molecule has 1 aromatic carbocycles. The molecule has 0 heterocycles. The molecule has 0 radical (unpaired) electrons. The highest BCUT2D eigenvalue weighted by Gasteiger charge is 2.37. The average Bonchev–Trinajstić information content (AvgIpc) is 2.34. The fraction of sp³-hybridized carbons (Fsp3) is 0.455. The van der Waals surface area contributed by atoms with Crippen LogP contribution in [0.15, 0.2) is 23.1 Å². The van der Waals surface area contributed by atoms with Crippen LogP contribution in [-0.2, 0) is 16.2 Å². The quantitative estimate of drug-likeness (QED) is 0.814. The van der Waals surface area contributed by atoms with E-state index in [9.17, 15) is 26.0 Å². The monoisotopic (exact) mass is 315 g/mol. The van der Waals surface area contributed by atoms with E-state index in [1.54, 1.807) is 0 Å². The minimum Gasteiger partial charge on any atom is -0.396 e. The first-order valence-corrected chi connectivity index (χ1v) is 7.03. The van der Waals surface area contributed by atoms with Gasteiger partial charge in [0.05, 0.1) is 10.5 Å². The first-order valence-electron chi connectivity index (χ1n) is 5.55. The van der Waals surface area contributed by atoms with Crippen molar-refractivity contribution in [2.75, 3.05) is 13.2 Å². The van der Waals surface area contributed by atoms with Crippen LogP contribution in [0.1, 0.15) is 12.5 Å². The Morgan fingerprint density at radius 3 is 2.45 bits per heavy atom. The number of hydrogen-bond acceptors (Lipinski definition) is 3. The second-order valence-corrected chi connectivity index (χ2v) is 6.01. The van der Waals surface area contributed by atoms with E-state index < -0.39 is 38.4 Å². The first kappa shape index (κ1) is 16.9. The van der Waals surface area contributed by atoms with Crippen LogP contribution in [0, 0.1) is 11.7 Å². The van der Waals surface area contributed by atoms with Gasteiger partial charge in [0.25, 0.3) is 0 Å². The van der Waals surface area contributed by atoms with Gasteiger partial charge in [0.15, 0.2) is 0 Å². The highest BCUT2D eigenvalue weighted by Crippen LogP contribution is 2.34. The highest BCUT2D eigenvalue weighted by atomic mass is 32.2. The summed E-state index contributed by atoms with van der Waals surface area (Å²) < 4.78 is 76.6. The van der Waals surface area contributed by atoms with E-state index in [4.69, 9.17) is 5.11 Å². The molecular weight excluding hydrogens is 302 g/mol. The molecule has 0 aromatic heterocycles. The Kier molecular flexibility index (Phi) is 5.11. The van der Waals surface area contributed by atoms with E-state index in [0.717, 1.165) is 0 Å². The Morgan fingerprint density at radius 2 is 1.95 bits per heavy atom. The molecule has 9 heteroatoms. The molecule has 0 aliphatic heterocycles. The molecule has 0 fully saturated rings. The third kappa shape index (κ3) is 4.15. The molecule has 0 bridgehead atoms. The summed E-state index contributed by atoms with van der Waals surface area (Å²) in [5, 5.41) is 8.76. The number of benzene rings is 1. The Balaban J connectivity index is 3.18.